The molecule has 8 heteroatoms. The van der Waals surface area contributed by atoms with Gasteiger partial charge in [0.2, 0.25) is 5.91 Å². The Bertz CT molecular complexity index is 1200. The molecule has 2 fully saturated rings. The zero-order valence-corrected chi connectivity index (χ0v) is 19.2. The second-order valence-electron chi connectivity index (χ2n) is 8.76. The quantitative estimate of drug-likeness (QED) is 0.518. The zero-order chi connectivity index (χ0) is 23.0. The standard InChI is InChI=1S/C25H26ClN5O2/c1-25(15-22(32)31(24(27)30-25)16-10-13-33-14-11-16)18-6-2-9-21(23(18)26)29-20-8-3-7-19-17(20)5-4-12-28-19/h2-9,12,16,29H,10-11,13-15H2,1H3,(H2,27,30)/t25-/m0/s1. The average Bonchev–Trinajstić information content (AvgIpc) is 2.81. The summed E-state index contributed by atoms with van der Waals surface area (Å²) in [4.78, 5) is 19.2. The highest BCUT2D eigenvalue weighted by atomic mass is 35.5. The summed E-state index contributed by atoms with van der Waals surface area (Å²) in [7, 11) is 0. The molecule has 33 heavy (non-hydrogen) atoms. The van der Waals surface area contributed by atoms with Gasteiger partial charge in [0, 0.05) is 36.5 Å². The van der Waals surface area contributed by atoms with Gasteiger partial charge >= 0.3 is 0 Å². The first kappa shape index (κ1) is 21.7. The number of nitrogens with zero attached hydrogens (tertiary/aromatic N) is 2. The molecule has 2 saturated heterocycles. The molecule has 7 nitrogen and oxygen atoms in total. The molecule has 1 amide bonds. The van der Waals surface area contributed by atoms with Crippen molar-refractivity contribution < 1.29 is 9.53 Å². The number of guanidine groups is 1. The fourth-order valence-corrected chi connectivity index (χ4v) is 5.16. The van der Waals surface area contributed by atoms with Crippen LogP contribution in [0.4, 0.5) is 11.4 Å². The molecule has 0 radical (unpaired) electrons. The highest BCUT2D eigenvalue weighted by Crippen LogP contribution is 2.39. The lowest BCUT2D eigenvalue weighted by Crippen LogP contribution is -2.62. The summed E-state index contributed by atoms with van der Waals surface area (Å²) >= 11 is 6.88. The van der Waals surface area contributed by atoms with Crippen LogP contribution in [0, 0.1) is 5.41 Å². The Morgan fingerprint density at radius 1 is 1.15 bits per heavy atom. The second kappa shape index (κ2) is 8.65. The maximum Gasteiger partial charge on any atom is 0.232 e. The predicted molar refractivity (Wildman–Crippen MR) is 130 cm³/mol. The highest BCUT2D eigenvalue weighted by Gasteiger charge is 2.43. The molecule has 170 valence electrons. The number of rotatable bonds is 4. The number of hydrogen-bond acceptors (Lipinski definition) is 5. The van der Waals surface area contributed by atoms with Gasteiger partial charge in [-0.1, -0.05) is 29.8 Å². The Morgan fingerprint density at radius 2 is 1.91 bits per heavy atom. The molecule has 1 aromatic heterocycles. The van der Waals surface area contributed by atoms with E-state index in [1.165, 1.54) is 0 Å². The van der Waals surface area contributed by atoms with Crippen molar-refractivity contribution in [3.8, 4) is 0 Å². The summed E-state index contributed by atoms with van der Waals surface area (Å²) in [6, 6.07) is 15.6. The summed E-state index contributed by atoms with van der Waals surface area (Å²) < 4.78 is 5.42. The SMILES string of the molecule is C[C@@]1(c2cccc(Nc3cccc4ncccc34)c2Cl)CC(=O)N(C2CCOCC2)C(=N)N1. The van der Waals surface area contributed by atoms with E-state index in [0.29, 0.717) is 18.2 Å². The number of carbonyl (C=O) groups excluding carboxylic acids is 1. The van der Waals surface area contributed by atoms with Gasteiger partial charge in [-0.15, -0.1) is 0 Å². The molecule has 2 aliphatic heterocycles. The van der Waals surface area contributed by atoms with Gasteiger partial charge in [0.15, 0.2) is 5.96 Å². The molecular formula is C25H26ClN5O2. The molecule has 1 atom stereocenters. The molecule has 0 aliphatic carbocycles. The van der Waals surface area contributed by atoms with Crippen LogP contribution in [0.25, 0.3) is 10.9 Å². The van der Waals surface area contributed by atoms with Crippen LogP contribution in [-0.4, -0.2) is 41.0 Å². The van der Waals surface area contributed by atoms with Gasteiger partial charge in [-0.05, 0) is 55.7 Å². The van der Waals surface area contributed by atoms with Crippen molar-refractivity contribution in [2.45, 2.75) is 37.8 Å². The number of nitrogens with one attached hydrogen (secondary N) is 3. The summed E-state index contributed by atoms with van der Waals surface area (Å²) in [6.07, 6.45) is 3.47. The van der Waals surface area contributed by atoms with E-state index >= 15 is 0 Å². The molecule has 2 aromatic carbocycles. The lowest BCUT2D eigenvalue weighted by molar-refractivity contribution is -0.133. The number of fused-ring (bicyclic) bond motifs is 1. The highest BCUT2D eigenvalue weighted by molar-refractivity contribution is 6.34. The van der Waals surface area contributed by atoms with Gasteiger partial charge in [0.1, 0.15) is 0 Å². The molecule has 0 spiro atoms. The monoisotopic (exact) mass is 463 g/mol. The van der Waals surface area contributed by atoms with E-state index in [1.807, 2.05) is 55.5 Å². The molecule has 0 unspecified atom stereocenters. The van der Waals surface area contributed by atoms with E-state index in [9.17, 15) is 4.79 Å². The maximum absolute atomic E-state index is 13.2. The lowest BCUT2D eigenvalue weighted by atomic mass is 9.85. The fraction of sp³-hybridized carbons (Fsp3) is 0.320. The Kier molecular flexibility index (Phi) is 5.68. The third kappa shape index (κ3) is 4.03. The van der Waals surface area contributed by atoms with E-state index < -0.39 is 5.54 Å². The van der Waals surface area contributed by atoms with Gasteiger partial charge in [-0.25, -0.2) is 0 Å². The first-order chi connectivity index (χ1) is 16.0. The van der Waals surface area contributed by atoms with Gasteiger partial charge in [-0.2, -0.15) is 0 Å². The minimum absolute atomic E-state index is 0.000700. The zero-order valence-electron chi connectivity index (χ0n) is 18.4. The van der Waals surface area contributed by atoms with Gasteiger partial charge in [0.05, 0.1) is 28.2 Å². The number of aromatic nitrogens is 1. The summed E-state index contributed by atoms with van der Waals surface area (Å²) in [5.74, 6) is 0.0536. The molecule has 3 heterocycles. The molecule has 0 saturated carbocycles. The van der Waals surface area contributed by atoms with Gasteiger partial charge < -0.3 is 15.4 Å². The topological polar surface area (TPSA) is 90.3 Å². The van der Waals surface area contributed by atoms with E-state index in [4.69, 9.17) is 21.7 Å². The Balaban J connectivity index is 1.44. The van der Waals surface area contributed by atoms with Crippen LogP contribution in [0.1, 0.15) is 31.7 Å². The first-order valence-electron chi connectivity index (χ1n) is 11.1. The van der Waals surface area contributed by atoms with Crippen molar-refractivity contribution in [2.24, 2.45) is 0 Å². The van der Waals surface area contributed by atoms with Crippen molar-refractivity contribution in [2.75, 3.05) is 18.5 Å². The Labute approximate surface area is 197 Å². The summed E-state index contributed by atoms with van der Waals surface area (Å²) in [5.41, 5.74) is 2.51. The van der Waals surface area contributed by atoms with Crippen molar-refractivity contribution in [1.29, 1.82) is 5.41 Å². The number of carbonyl (C=O) groups is 1. The normalized spacial score (nSPS) is 21.8. The third-order valence-corrected chi connectivity index (χ3v) is 6.88. The predicted octanol–water partition coefficient (Wildman–Crippen LogP) is 4.78. The van der Waals surface area contributed by atoms with Crippen LogP contribution in [0.3, 0.4) is 0 Å². The van der Waals surface area contributed by atoms with E-state index in [-0.39, 0.29) is 24.3 Å². The van der Waals surface area contributed by atoms with Gasteiger partial charge in [0.25, 0.3) is 0 Å². The summed E-state index contributed by atoms with van der Waals surface area (Å²) in [6.45, 7) is 3.15. The van der Waals surface area contributed by atoms with Crippen molar-refractivity contribution >= 4 is 45.7 Å². The van der Waals surface area contributed by atoms with E-state index in [0.717, 1.165) is 40.7 Å². The minimum atomic E-state index is -0.787. The third-order valence-electron chi connectivity index (χ3n) is 6.47. The van der Waals surface area contributed by atoms with Gasteiger partial charge in [-0.3, -0.25) is 20.1 Å². The Morgan fingerprint density at radius 3 is 2.70 bits per heavy atom. The minimum Gasteiger partial charge on any atom is -0.381 e. The van der Waals surface area contributed by atoms with Crippen molar-refractivity contribution in [1.82, 2.24) is 15.2 Å². The van der Waals surface area contributed by atoms with Crippen LogP contribution in [0.15, 0.2) is 54.7 Å². The second-order valence-corrected chi connectivity index (χ2v) is 9.14. The van der Waals surface area contributed by atoms with Crippen molar-refractivity contribution in [3.63, 3.8) is 0 Å². The molecule has 0 bridgehead atoms. The smallest absolute Gasteiger partial charge is 0.232 e. The van der Waals surface area contributed by atoms with Crippen LogP contribution in [-0.2, 0) is 15.1 Å². The fourth-order valence-electron chi connectivity index (χ4n) is 4.78. The van der Waals surface area contributed by atoms with Crippen LogP contribution >= 0.6 is 11.6 Å². The number of hydrogen-bond donors (Lipinski definition) is 3. The number of pyridine rings is 1. The lowest BCUT2D eigenvalue weighted by Gasteiger charge is -2.45. The van der Waals surface area contributed by atoms with Crippen LogP contribution < -0.4 is 10.6 Å². The molecule has 3 N–H and O–H groups in total. The Hall–Kier alpha value is -3.16. The van der Waals surface area contributed by atoms with Crippen LogP contribution in [0.5, 0.6) is 0 Å². The van der Waals surface area contributed by atoms with E-state index in [2.05, 4.69) is 15.6 Å². The average molecular weight is 464 g/mol. The molecular weight excluding hydrogens is 438 g/mol. The van der Waals surface area contributed by atoms with Crippen molar-refractivity contribution in [3.05, 3.63) is 65.3 Å². The summed E-state index contributed by atoms with van der Waals surface area (Å²) in [5, 5.41) is 16.8. The van der Waals surface area contributed by atoms with Crippen LogP contribution in [0.2, 0.25) is 5.02 Å². The maximum atomic E-state index is 13.2. The number of amides is 1. The number of anilines is 2. The first-order valence-corrected chi connectivity index (χ1v) is 11.5. The molecule has 5 rings (SSSR count). The number of benzene rings is 2. The molecule has 3 aromatic rings. The number of halogens is 1. The largest absolute Gasteiger partial charge is 0.381 e. The van der Waals surface area contributed by atoms with E-state index in [1.54, 1.807) is 11.1 Å². The number of ether oxygens (including phenoxy) is 1. The molecule has 2 aliphatic rings.